The Hall–Kier alpha value is -1.58. The van der Waals surface area contributed by atoms with Crippen LogP contribution in [0.3, 0.4) is 0 Å². The minimum atomic E-state index is -0.245. The van der Waals surface area contributed by atoms with E-state index in [1.807, 2.05) is 4.57 Å². The van der Waals surface area contributed by atoms with Crippen LogP contribution in [0.1, 0.15) is 33.1 Å². The minimum absolute atomic E-state index is 0.245. The third-order valence-corrected chi connectivity index (χ3v) is 3.15. The number of rotatable bonds is 5. The number of hydrogen-bond acceptors (Lipinski definition) is 2. The molecular formula is C14H20FN3. The van der Waals surface area contributed by atoms with Gasteiger partial charge in [-0.25, -0.2) is 9.37 Å². The number of aryl methyl sites for hydroxylation is 1. The van der Waals surface area contributed by atoms with Gasteiger partial charge in [0.1, 0.15) is 5.82 Å². The summed E-state index contributed by atoms with van der Waals surface area (Å²) in [6.45, 7) is 5.24. The highest BCUT2D eigenvalue weighted by atomic mass is 19.1. The van der Waals surface area contributed by atoms with E-state index in [4.69, 9.17) is 5.73 Å². The number of benzene rings is 1. The normalized spacial score (nSPS) is 11.6. The van der Waals surface area contributed by atoms with Gasteiger partial charge in [-0.3, -0.25) is 0 Å². The summed E-state index contributed by atoms with van der Waals surface area (Å²) in [6, 6.07) is 4.59. The molecule has 1 aromatic carbocycles. The van der Waals surface area contributed by atoms with Gasteiger partial charge in [0, 0.05) is 6.54 Å². The van der Waals surface area contributed by atoms with Crippen molar-refractivity contribution in [2.75, 3.05) is 5.73 Å². The topological polar surface area (TPSA) is 43.8 Å². The number of anilines is 1. The van der Waals surface area contributed by atoms with E-state index in [0.717, 1.165) is 36.3 Å². The van der Waals surface area contributed by atoms with Crippen molar-refractivity contribution in [3.63, 3.8) is 0 Å². The molecule has 0 aliphatic heterocycles. The number of nitrogens with zero attached hydrogens (tertiary/aromatic N) is 2. The van der Waals surface area contributed by atoms with Crippen LogP contribution in [0.5, 0.6) is 0 Å². The zero-order valence-electron chi connectivity index (χ0n) is 11.0. The summed E-state index contributed by atoms with van der Waals surface area (Å²) in [4.78, 5) is 4.24. The summed E-state index contributed by atoms with van der Waals surface area (Å²) in [5.74, 6) is 0.949. The smallest absolute Gasteiger partial charge is 0.201 e. The van der Waals surface area contributed by atoms with Crippen molar-refractivity contribution >= 4 is 17.0 Å². The van der Waals surface area contributed by atoms with Gasteiger partial charge >= 0.3 is 0 Å². The van der Waals surface area contributed by atoms with E-state index in [1.54, 1.807) is 6.07 Å². The lowest BCUT2D eigenvalue weighted by Gasteiger charge is -2.07. The van der Waals surface area contributed by atoms with Crippen molar-refractivity contribution in [1.29, 1.82) is 0 Å². The van der Waals surface area contributed by atoms with Gasteiger partial charge in [0.15, 0.2) is 0 Å². The lowest BCUT2D eigenvalue weighted by molar-refractivity contribution is 0.514. The van der Waals surface area contributed by atoms with Crippen molar-refractivity contribution in [2.45, 2.75) is 39.7 Å². The molecule has 0 radical (unpaired) electrons. The number of hydrogen-bond donors (Lipinski definition) is 1. The number of nitrogen functional groups attached to an aromatic ring is 1. The second-order valence-corrected chi connectivity index (χ2v) is 5.14. The van der Waals surface area contributed by atoms with E-state index in [9.17, 15) is 4.39 Å². The van der Waals surface area contributed by atoms with Crippen LogP contribution >= 0.6 is 0 Å². The number of fused-ring (bicyclic) bond motifs is 1. The van der Waals surface area contributed by atoms with Crippen LogP contribution in [-0.4, -0.2) is 9.55 Å². The molecule has 0 spiro atoms. The molecule has 2 N–H and O–H groups in total. The van der Waals surface area contributed by atoms with Crippen LogP contribution in [0.15, 0.2) is 18.2 Å². The Morgan fingerprint density at radius 3 is 2.83 bits per heavy atom. The third-order valence-electron chi connectivity index (χ3n) is 3.15. The second-order valence-electron chi connectivity index (χ2n) is 5.14. The first-order valence-corrected chi connectivity index (χ1v) is 6.49. The highest BCUT2D eigenvalue weighted by molar-refractivity contribution is 5.78. The second kappa shape index (κ2) is 5.38. The fraction of sp³-hybridized carbons (Fsp3) is 0.500. The van der Waals surface area contributed by atoms with Crippen molar-refractivity contribution in [3.8, 4) is 0 Å². The maximum atomic E-state index is 13.2. The predicted molar refractivity (Wildman–Crippen MR) is 72.8 cm³/mol. The van der Waals surface area contributed by atoms with Gasteiger partial charge in [-0.2, -0.15) is 0 Å². The Balaban J connectivity index is 2.12. The molecule has 0 aliphatic rings. The Kier molecular flexibility index (Phi) is 3.84. The lowest BCUT2D eigenvalue weighted by Crippen LogP contribution is -2.04. The van der Waals surface area contributed by atoms with Gasteiger partial charge in [-0.05, 0) is 30.5 Å². The van der Waals surface area contributed by atoms with E-state index < -0.39 is 0 Å². The van der Waals surface area contributed by atoms with Crippen molar-refractivity contribution in [3.05, 3.63) is 24.0 Å². The average molecular weight is 249 g/mol. The van der Waals surface area contributed by atoms with Crippen LogP contribution in [0.4, 0.5) is 10.3 Å². The minimum Gasteiger partial charge on any atom is -0.369 e. The van der Waals surface area contributed by atoms with Crippen LogP contribution in [0.2, 0.25) is 0 Å². The predicted octanol–water partition coefficient (Wildman–Crippen LogP) is 3.58. The maximum absolute atomic E-state index is 13.2. The highest BCUT2D eigenvalue weighted by Gasteiger charge is 2.08. The molecule has 1 heterocycles. The first-order chi connectivity index (χ1) is 8.58. The van der Waals surface area contributed by atoms with Crippen molar-refractivity contribution < 1.29 is 4.39 Å². The molecule has 98 valence electrons. The number of unbranched alkanes of at least 4 members (excludes halogenated alkanes) is 1. The SMILES string of the molecule is CC(C)CCCCn1c(N)nc2ccc(F)cc21. The van der Waals surface area contributed by atoms with E-state index in [0.29, 0.717) is 5.95 Å². The Morgan fingerprint density at radius 1 is 1.33 bits per heavy atom. The number of halogens is 1. The Labute approximate surface area is 107 Å². The molecule has 0 amide bonds. The first kappa shape index (κ1) is 12.9. The van der Waals surface area contributed by atoms with Crippen LogP contribution in [-0.2, 0) is 6.54 Å². The summed E-state index contributed by atoms with van der Waals surface area (Å²) in [5, 5.41) is 0. The van der Waals surface area contributed by atoms with Gasteiger partial charge in [0.2, 0.25) is 5.95 Å². The zero-order chi connectivity index (χ0) is 13.1. The molecule has 0 bridgehead atoms. The molecule has 0 aliphatic carbocycles. The maximum Gasteiger partial charge on any atom is 0.201 e. The fourth-order valence-electron chi connectivity index (χ4n) is 2.17. The molecule has 1 aromatic heterocycles. The standard InChI is InChI=1S/C14H20FN3/c1-10(2)5-3-4-8-18-13-9-11(15)6-7-12(13)17-14(18)16/h6-7,9-10H,3-5,8H2,1-2H3,(H2,16,17). The average Bonchev–Trinajstić information content (AvgIpc) is 2.60. The van der Waals surface area contributed by atoms with Gasteiger partial charge in [0.05, 0.1) is 11.0 Å². The zero-order valence-corrected chi connectivity index (χ0v) is 11.0. The van der Waals surface area contributed by atoms with Gasteiger partial charge in [0.25, 0.3) is 0 Å². The Bertz CT molecular complexity index is 531. The number of imidazole rings is 1. The van der Waals surface area contributed by atoms with Gasteiger partial charge in [-0.15, -0.1) is 0 Å². The molecule has 0 unspecified atom stereocenters. The molecule has 18 heavy (non-hydrogen) atoms. The highest BCUT2D eigenvalue weighted by Crippen LogP contribution is 2.20. The lowest BCUT2D eigenvalue weighted by atomic mass is 10.1. The molecule has 2 aromatic rings. The monoisotopic (exact) mass is 249 g/mol. The molecule has 0 fully saturated rings. The van der Waals surface area contributed by atoms with E-state index in [-0.39, 0.29) is 5.82 Å². The first-order valence-electron chi connectivity index (χ1n) is 6.49. The van der Waals surface area contributed by atoms with E-state index in [1.165, 1.54) is 18.6 Å². The fourth-order valence-corrected chi connectivity index (χ4v) is 2.17. The quantitative estimate of drug-likeness (QED) is 0.823. The molecule has 0 saturated heterocycles. The molecule has 0 saturated carbocycles. The van der Waals surface area contributed by atoms with Crippen molar-refractivity contribution in [1.82, 2.24) is 9.55 Å². The molecule has 4 heteroatoms. The van der Waals surface area contributed by atoms with E-state index in [2.05, 4.69) is 18.8 Å². The van der Waals surface area contributed by atoms with Gasteiger partial charge < -0.3 is 10.3 Å². The molecular weight excluding hydrogens is 229 g/mol. The summed E-state index contributed by atoms with van der Waals surface area (Å²) in [6.07, 6.45) is 3.41. The summed E-state index contributed by atoms with van der Waals surface area (Å²) < 4.78 is 15.1. The van der Waals surface area contributed by atoms with Crippen molar-refractivity contribution in [2.24, 2.45) is 5.92 Å². The summed E-state index contributed by atoms with van der Waals surface area (Å²) in [5.41, 5.74) is 7.43. The number of nitrogens with two attached hydrogens (primary N) is 1. The van der Waals surface area contributed by atoms with Gasteiger partial charge in [-0.1, -0.05) is 26.7 Å². The largest absolute Gasteiger partial charge is 0.369 e. The van der Waals surface area contributed by atoms with Crippen LogP contribution < -0.4 is 5.73 Å². The molecule has 2 rings (SSSR count). The molecule has 3 nitrogen and oxygen atoms in total. The molecule has 0 atom stereocenters. The number of aromatic nitrogens is 2. The third kappa shape index (κ3) is 2.81. The van der Waals surface area contributed by atoms with Crippen LogP contribution in [0, 0.1) is 11.7 Å². The van der Waals surface area contributed by atoms with Crippen LogP contribution in [0.25, 0.3) is 11.0 Å². The summed E-state index contributed by atoms with van der Waals surface area (Å²) >= 11 is 0. The van der Waals surface area contributed by atoms with E-state index >= 15 is 0 Å². The summed E-state index contributed by atoms with van der Waals surface area (Å²) in [7, 11) is 0. The Morgan fingerprint density at radius 2 is 2.11 bits per heavy atom.